The van der Waals surface area contributed by atoms with Crippen LogP contribution in [-0.2, 0) is 26.0 Å². The predicted octanol–water partition coefficient (Wildman–Crippen LogP) is 5.45. The molecule has 0 unspecified atom stereocenters. The van der Waals surface area contributed by atoms with Crippen LogP contribution in [0.2, 0.25) is 10.0 Å². The number of rotatable bonds is 8. The number of fused-ring (bicyclic) bond motifs is 1. The summed E-state index contributed by atoms with van der Waals surface area (Å²) < 4.78 is 52.7. The summed E-state index contributed by atoms with van der Waals surface area (Å²) in [6.07, 6.45) is 5.70. The molecular formula is C29H29Cl2N2O7S2+. The topological polar surface area (TPSA) is 106 Å². The molecule has 42 heavy (non-hydrogen) atoms. The molecule has 1 spiro atoms. The highest BCUT2D eigenvalue weighted by molar-refractivity contribution is 8.02. The Bertz CT molecular complexity index is 1580. The summed E-state index contributed by atoms with van der Waals surface area (Å²) in [6.45, 7) is 0.176. The summed E-state index contributed by atoms with van der Waals surface area (Å²) in [4.78, 5) is 16.8. The van der Waals surface area contributed by atoms with Crippen molar-refractivity contribution in [3.05, 3.63) is 76.0 Å². The molecule has 1 N–H and O–H groups in total. The van der Waals surface area contributed by atoms with Gasteiger partial charge >= 0.3 is 5.97 Å². The zero-order chi connectivity index (χ0) is 29.5. The van der Waals surface area contributed by atoms with Gasteiger partial charge in [0.05, 0.1) is 12.0 Å². The monoisotopic (exact) mass is 651 g/mol. The maximum Gasteiger partial charge on any atom is 0.335 e. The van der Waals surface area contributed by atoms with Crippen molar-refractivity contribution in [2.45, 2.75) is 54.3 Å². The molecule has 1 aromatic heterocycles. The molecular weight excluding hydrogens is 623 g/mol. The predicted molar refractivity (Wildman–Crippen MR) is 158 cm³/mol. The largest absolute Gasteiger partial charge is 0.493 e. The number of nitrogens with one attached hydrogen (secondary N) is 1. The number of thioether (sulfide) groups is 1. The number of nitrogens with zero attached hydrogens (tertiary/aromatic N) is 1. The molecule has 2 atom stereocenters. The van der Waals surface area contributed by atoms with Crippen molar-refractivity contribution in [1.29, 1.82) is 0 Å². The number of aromatic amines is 1. The second kappa shape index (κ2) is 11.8. The zero-order valence-corrected chi connectivity index (χ0v) is 25.8. The van der Waals surface area contributed by atoms with Crippen LogP contribution in [0.3, 0.4) is 0 Å². The van der Waals surface area contributed by atoms with Gasteiger partial charge in [0, 0.05) is 42.7 Å². The number of methoxy groups -OCH3 is 1. The third-order valence-electron chi connectivity index (χ3n) is 7.66. The fourth-order valence-electron chi connectivity index (χ4n) is 5.57. The number of H-pyrrole nitrogens is 1. The number of benzene rings is 2. The van der Waals surface area contributed by atoms with Crippen LogP contribution in [0.25, 0.3) is 0 Å². The summed E-state index contributed by atoms with van der Waals surface area (Å²) >= 11 is 14.2. The lowest BCUT2D eigenvalue weighted by atomic mass is 10.00. The van der Waals surface area contributed by atoms with Crippen molar-refractivity contribution in [3.63, 3.8) is 0 Å². The summed E-state index contributed by atoms with van der Waals surface area (Å²) in [5.74, 6) is 0.311. The Labute approximate surface area is 258 Å². The lowest BCUT2D eigenvalue weighted by Gasteiger charge is -2.26. The van der Waals surface area contributed by atoms with Gasteiger partial charge in [0.15, 0.2) is 29.3 Å². The molecule has 0 radical (unpaired) electrons. The average molecular weight is 653 g/mol. The molecule has 9 nitrogen and oxygen atoms in total. The minimum absolute atomic E-state index is 0.107. The lowest BCUT2D eigenvalue weighted by molar-refractivity contribution is -0.377. The Morgan fingerprint density at radius 3 is 2.48 bits per heavy atom. The molecule has 222 valence electrons. The number of esters is 1. The van der Waals surface area contributed by atoms with E-state index in [1.807, 2.05) is 0 Å². The van der Waals surface area contributed by atoms with Crippen LogP contribution >= 0.6 is 35.0 Å². The molecule has 3 heterocycles. The second-order valence-electron chi connectivity index (χ2n) is 10.2. The molecule has 0 amide bonds. The van der Waals surface area contributed by atoms with Crippen LogP contribution in [0, 0.1) is 0 Å². The lowest BCUT2D eigenvalue weighted by Crippen LogP contribution is -2.40. The Morgan fingerprint density at radius 1 is 1.10 bits per heavy atom. The number of carbonyl (C=O) groups is 1. The van der Waals surface area contributed by atoms with Crippen LogP contribution < -0.4 is 19.2 Å². The number of hydrogen-bond donors (Lipinski definition) is 0. The smallest absolute Gasteiger partial charge is 0.335 e. The Balaban J connectivity index is 1.37. The summed E-state index contributed by atoms with van der Waals surface area (Å²) in [5, 5.41) is -0.347. The van der Waals surface area contributed by atoms with Gasteiger partial charge in [-0.15, -0.1) is 11.8 Å². The van der Waals surface area contributed by atoms with E-state index in [2.05, 4.69) is 4.98 Å². The first-order valence-electron chi connectivity index (χ1n) is 13.5. The highest BCUT2D eigenvalue weighted by atomic mass is 35.5. The molecule has 13 heteroatoms. The zero-order valence-electron chi connectivity index (χ0n) is 22.7. The van der Waals surface area contributed by atoms with Gasteiger partial charge in [-0.1, -0.05) is 41.4 Å². The van der Waals surface area contributed by atoms with E-state index in [1.54, 1.807) is 49.8 Å². The standard InChI is InChI=1S/C29H28Cl2N2O7S2/c1-37-23-10-9-19(25-26(23)40-29(39-25)11-5-6-12-29)24(15-20-21(30)16-32-17-22(20)31)38-28(34)27-33(13-14-41-27)42(35,36)18-7-3-2-4-8-18/h2-4,7-10,16-17,24,27H,5-6,11-15H2,1H3/p+1/t24-,27-/m0/s1. The number of carbonyl (C=O) groups excluding carboxylic acids is 1. The number of sulfonamides is 1. The quantitative estimate of drug-likeness (QED) is 0.296. The molecule has 2 aromatic carbocycles. The highest BCUT2D eigenvalue weighted by Crippen LogP contribution is 2.54. The minimum atomic E-state index is -3.94. The van der Waals surface area contributed by atoms with E-state index in [9.17, 15) is 13.2 Å². The van der Waals surface area contributed by atoms with Crippen LogP contribution in [0.4, 0.5) is 0 Å². The van der Waals surface area contributed by atoms with E-state index in [1.165, 1.54) is 28.2 Å². The third kappa shape index (κ3) is 5.41. The maximum atomic E-state index is 13.8. The number of aromatic nitrogens is 1. The van der Waals surface area contributed by atoms with Gasteiger partial charge in [-0.05, 0) is 37.1 Å². The Hall–Kier alpha value is -2.70. The van der Waals surface area contributed by atoms with Gasteiger partial charge in [-0.3, -0.25) is 0 Å². The van der Waals surface area contributed by atoms with Crippen molar-refractivity contribution in [1.82, 2.24) is 4.31 Å². The number of ether oxygens (including phenoxy) is 4. The number of halogens is 2. The van der Waals surface area contributed by atoms with Gasteiger partial charge in [0.25, 0.3) is 5.79 Å². The minimum Gasteiger partial charge on any atom is -0.493 e. The highest BCUT2D eigenvalue weighted by Gasteiger charge is 2.48. The molecule has 0 bridgehead atoms. The van der Waals surface area contributed by atoms with E-state index in [-0.39, 0.29) is 17.9 Å². The molecule has 3 aliphatic rings. The van der Waals surface area contributed by atoms with Crippen molar-refractivity contribution in [3.8, 4) is 17.2 Å². The summed E-state index contributed by atoms with van der Waals surface area (Å²) in [7, 11) is -2.38. The fraction of sp³-hybridized carbons (Fsp3) is 0.379. The molecule has 6 rings (SSSR count). The van der Waals surface area contributed by atoms with E-state index in [0.717, 1.165) is 12.8 Å². The van der Waals surface area contributed by atoms with Gasteiger partial charge in [0.2, 0.25) is 15.8 Å². The molecule has 2 aliphatic heterocycles. The van der Waals surface area contributed by atoms with Crippen molar-refractivity contribution in [2.75, 3.05) is 19.4 Å². The summed E-state index contributed by atoms with van der Waals surface area (Å²) in [6, 6.07) is 11.6. The van der Waals surface area contributed by atoms with Gasteiger partial charge in [-0.2, -0.15) is 4.31 Å². The van der Waals surface area contributed by atoms with Crippen molar-refractivity contribution in [2.24, 2.45) is 0 Å². The first-order valence-corrected chi connectivity index (χ1v) is 16.8. The van der Waals surface area contributed by atoms with Gasteiger partial charge in [-0.25, -0.2) is 18.2 Å². The molecule has 1 saturated carbocycles. The number of hydrogen-bond acceptors (Lipinski definition) is 8. The van der Waals surface area contributed by atoms with Crippen LogP contribution in [0.1, 0.15) is 42.9 Å². The number of pyridine rings is 1. The molecule has 1 aliphatic carbocycles. The SMILES string of the molecule is COc1ccc([C@H](Cc2c(Cl)c[nH+]cc2Cl)OC(=O)[C@@H]2SCCN2S(=O)(=O)c2ccccc2)c2c1OC1(CCCC1)O2. The average Bonchev–Trinajstić information content (AvgIpc) is 3.75. The van der Waals surface area contributed by atoms with E-state index in [0.29, 0.717) is 57.0 Å². The van der Waals surface area contributed by atoms with E-state index in [4.69, 9.17) is 42.1 Å². The second-order valence-corrected chi connectivity index (χ2v) is 14.1. The van der Waals surface area contributed by atoms with Crippen molar-refractivity contribution < 1.29 is 37.1 Å². The van der Waals surface area contributed by atoms with E-state index < -0.39 is 33.3 Å². The first-order chi connectivity index (χ1) is 20.2. The van der Waals surface area contributed by atoms with Crippen molar-refractivity contribution >= 4 is 51.0 Å². The molecule has 3 aromatic rings. The van der Waals surface area contributed by atoms with E-state index >= 15 is 0 Å². The Kier molecular flexibility index (Phi) is 8.23. The maximum absolute atomic E-state index is 13.8. The van der Waals surface area contributed by atoms with Crippen LogP contribution in [0.15, 0.2) is 59.8 Å². The third-order valence-corrected chi connectivity index (χ3v) is 11.5. The summed E-state index contributed by atoms with van der Waals surface area (Å²) in [5.41, 5.74) is 1.10. The van der Waals surface area contributed by atoms with Gasteiger partial charge in [0.1, 0.15) is 16.1 Å². The first kappa shape index (κ1) is 29.4. The van der Waals surface area contributed by atoms with Crippen LogP contribution in [-0.4, -0.2) is 49.3 Å². The Morgan fingerprint density at radius 2 is 1.79 bits per heavy atom. The van der Waals surface area contributed by atoms with Crippen LogP contribution in [0.5, 0.6) is 17.2 Å². The molecule has 2 fully saturated rings. The molecule has 1 saturated heterocycles. The fourth-order valence-corrected chi connectivity index (χ4v) is 9.17. The van der Waals surface area contributed by atoms with Gasteiger partial charge < -0.3 is 18.9 Å². The normalized spacial score (nSPS) is 20.1.